The number of aryl methyl sites for hydroxylation is 2. The maximum atomic E-state index is 6.24. The van der Waals surface area contributed by atoms with Crippen molar-refractivity contribution in [2.24, 2.45) is 0 Å². The molecule has 4 heterocycles. The molecule has 3 aromatic rings. The number of nitrogens with zero attached hydrogens (tertiary/aromatic N) is 4. The summed E-state index contributed by atoms with van der Waals surface area (Å²) in [4.78, 5) is 18.6. The molecular formula is C20H21ClN4O2S. The van der Waals surface area contributed by atoms with E-state index in [1.807, 2.05) is 12.1 Å². The Morgan fingerprint density at radius 1 is 1.18 bits per heavy atom. The number of pyridine rings is 1. The Bertz CT molecular complexity index is 1000. The zero-order chi connectivity index (χ0) is 18.9. The van der Waals surface area contributed by atoms with Crippen LogP contribution in [0.15, 0.2) is 18.3 Å². The second-order valence-corrected chi connectivity index (χ2v) is 8.56. The molecule has 1 aliphatic heterocycles. The van der Waals surface area contributed by atoms with Crippen molar-refractivity contribution in [3.05, 3.63) is 39.7 Å². The molecule has 3 aromatic heterocycles. The SMILES string of the molecule is Clc1ncccc1Oc1nc(CN2CCOCC2)nc2sc3c(c12)CCCC3. The van der Waals surface area contributed by atoms with Crippen LogP contribution in [0.1, 0.15) is 29.1 Å². The van der Waals surface area contributed by atoms with Crippen molar-refractivity contribution in [2.75, 3.05) is 26.3 Å². The summed E-state index contributed by atoms with van der Waals surface area (Å²) < 4.78 is 11.6. The van der Waals surface area contributed by atoms with Crippen LogP contribution in [-0.4, -0.2) is 46.2 Å². The summed E-state index contributed by atoms with van der Waals surface area (Å²) in [6.07, 6.45) is 6.25. The predicted molar refractivity (Wildman–Crippen MR) is 109 cm³/mol. The van der Waals surface area contributed by atoms with Gasteiger partial charge in [-0.05, 0) is 43.4 Å². The lowest BCUT2D eigenvalue weighted by Gasteiger charge is -2.25. The molecule has 0 spiro atoms. The lowest BCUT2D eigenvalue weighted by Crippen LogP contribution is -2.36. The van der Waals surface area contributed by atoms with Gasteiger partial charge in [0.15, 0.2) is 10.9 Å². The Kier molecular flexibility index (Phi) is 5.15. The highest BCUT2D eigenvalue weighted by atomic mass is 35.5. The van der Waals surface area contributed by atoms with Gasteiger partial charge in [0.05, 0.1) is 25.1 Å². The van der Waals surface area contributed by atoms with Crippen molar-refractivity contribution < 1.29 is 9.47 Å². The summed E-state index contributed by atoms with van der Waals surface area (Å²) in [5.74, 6) is 1.91. The van der Waals surface area contributed by atoms with Crippen LogP contribution in [0.2, 0.25) is 5.15 Å². The summed E-state index contributed by atoms with van der Waals surface area (Å²) in [7, 11) is 0. The number of thiophene rings is 1. The molecular weight excluding hydrogens is 396 g/mol. The molecule has 0 saturated carbocycles. The molecule has 1 aliphatic carbocycles. The minimum Gasteiger partial charge on any atom is -0.435 e. The minimum atomic E-state index is 0.341. The Labute approximate surface area is 172 Å². The van der Waals surface area contributed by atoms with Gasteiger partial charge in [0.1, 0.15) is 10.7 Å². The molecule has 0 aromatic carbocycles. The number of fused-ring (bicyclic) bond motifs is 3. The first-order valence-corrected chi connectivity index (χ1v) is 10.9. The fourth-order valence-electron chi connectivity index (χ4n) is 3.82. The topological polar surface area (TPSA) is 60.4 Å². The van der Waals surface area contributed by atoms with E-state index in [4.69, 9.17) is 31.0 Å². The maximum absolute atomic E-state index is 6.24. The van der Waals surface area contributed by atoms with Crippen molar-refractivity contribution in [2.45, 2.75) is 32.2 Å². The van der Waals surface area contributed by atoms with Gasteiger partial charge in [-0.2, -0.15) is 4.98 Å². The molecule has 8 heteroatoms. The molecule has 2 aliphatic rings. The third-order valence-electron chi connectivity index (χ3n) is 5.23. The molecule has 5 rings (SSSR count). The fraction of sp³-hybridized carbons (Fsp3) is 0.450. The molecule has 0 unspecified atom stereocenters. The average Bonchev–Trinajstić information content (AvgIpc) is 3.09. The third-order valence-corrected chi connectivity index (χ3v) is 6.70. The minimum absolute atomic E-state index is 0.341. The van der Waals surface area contributed by atoms with Gasteiger partial charge in [0.2, 0.25) is 5.88 Å². The fourth-order valence-corrected chi connectivity index (χ4v) is 5.25. The normalized spacial score (nSPS) is 17.6. The first-order chi connectivity index (χ1) is 13.8. The van der Waals surface area contributed by atoms with E-state index in [9.17, 15) is 0 Å². The number of rotatable bonds is 4. The van der Waals surface area contributed by atoms with Crippen molar-refractivity contribution >= 4 is 33.2 Å². The lowest BCUT2D eigenvalue weighted by molar-refractivity contribution is 0.0330. The van der Waals surface area contributed by atoms with Crippen LogP contribution < -0.4 is 4.74 Å². The number of halogens is 1. The van der Waals surface area contributed by atoms with Gasteiger partial charge in [0.25, 0.3) is 0 Å². The molecule has 0 atom stereocenters. The van der Waals surface area contributed by atoms with Crippen LogP contribution >= 0.6 is 22.9 Å². The molecule has 1 fully saturated rings. The van der Waals surface area contributed by atoms with Crippen molar-refractivity contribution in [3.8, 4) is 11.6 Å². The lowest BCUT2D eigenvalue weighted by atomic mass is 9.97. The van der Waals surface area contributed by atoms with E-state index < -0.39 is 0 Å². The number of ether oxygens (including phenoxy) is 2. The average molecular weight is 417 g/mol. The van der Waals surface area contributed by atoms with Crippen molar-refractivity contribution in [1.82, 2.24) is 19.9 Å². The second-order valence-electron chi connectivity index (χ2n) is 7.12. The third kappa shape index (κ3) is 3.59. The molecule has 1 saturated heterocycles. The highest BCUT2D eigenvalue weighted by molar-refractivity contribution is 7.18. The predicted octanol–water partition coefficient (Wildman–Crippen LogP) is 4.24. The van der Waals surface area contributed by atoms with Crippen LogP contribution in [0.25, 0.3) is 10.2 Å². The van der Waals surface area contributed by atoms with E-state index >= 15 is 0 Å². The van der Waals surface area contributed by atoms with E-state index in [2.05, 4.69) is 9.88 Å². The highest BCUT2D eigenvalue weighted by Gasteiger charge is 2.23. The standard InChI is InChI=1S/C20H21ClN4O2S/c21-18-14(5-3-7-22-18)27-19-17-13-4-1-2-6-15(13)28-20(17)24-16(23-19)12-25-8-10-26-11-9-25/h3,5,7H,1-2,4,6,8-12H2. The zero-order valence-electron chi connectivity index (χ0n) is 15.5. The summed E-state index contributed by atoms with van der Waals surface area (Å²) in [5.41, 5.74) is 1.35. The Balaban J connectivity index is 1.57. The molecule has 0 radical (unpaired) electrons. The number of morpholine rings is 1. The quantitative estimate of drug-likeness (QED) is 0.593. The van der Waals surface area contributed by atoms with Crippen LogP contribution in [0, 0.1) is 0 Å². The number of aromatic nitrogens is 3. The number of hydrogen-bond donors (Lipinski definition) is 0. The van der Waals surface area contributed by atoms with E-state index in [0.29, 0.717) is 23.3 Å². The summed E-state index contributed by atoms with van der Waals surface area (Å²) in [6, 6.07) is 3.64. The first kappa shape index (κ1) is 18.2. The highest BCUT2D eigenvalue weighted by Crippen LogP contribution is 2.41. The smallest absolute Gasteiger partial charge is 0.231 e. The van der Waals surface area contributed by atoms with Gasteiger partial charge in [-0.15, -0.1) is 11.3 Å². The van der Waals surface area contributed by atoms with Gasteiger partial charge in [0, 0.05) is 24.2 Å². The molecule has 6 nitrogen and oxygen atoms in total. The van der Waals surface area contributed by atoms with Gasteiger partial charge < -0.3 is 9.47 Å². The van der Waals surface area contributed by atoms with E-state index in [-0.39, 0.29) is 0 Å². The maximum Gasteiger partial charge on any atom is 0.231 e. The summed E-state index contributed by atoms with van der Waals surface area (Å²) >= 11 is 8.02. The first-order valence-electron chi connectivity index (χ1n) is 9.67. The monoisotopic (exact) mass is 416 g/mol. The van der Waals surface area contributed by atoms with E-state index in [1.165, 1.54) is 23.3 Å². The number of hydrogen-bond acceptors (Lipinski definition) is 7. The summed E-state index contributed by atoms with van der Waals surface area (Å²) in [5, 5.41) is 1.39. The molecule has 0 N–H and O–H groups in total. The van der Waals surface area contributed by atoms with Gasteiger partial charge in [-0.3, -0.25) is 4.90 Å². The van der Waals surface area contributed by atoms with Gasteiger partial charge in [-0.1, -0.05) is 11.6 Å². The molecule has 0 amide bonds. The van der Waals surface area contributed by atoms with Crippen LogP contribution in [0.3, 0.4) is 0 Å². The van der Waals surface area contributed by atoms with Crippen LogP contribution in [0.4, 0.5) is 0 Å². The second kappa shape index (κ2) is 7.91. The largest absolute Gasteiger partial charge is 0.435 e. The Morgan fingerprint density at radius 3 is 2.89 bits per heavy atom. The summed E-state index contributed by atoms with van der Waals surface area (Å²) in [6.45, 7) is 3.99. The Hall–Kier alpha value is -1.80. The van der Waals surface area contributed by atoms with Gasteiger partial charge in [-0.25, -0.2) is 9.97 Å². The van der Waals surface area contributed by atoms with E-state index in [1.54, 1.807) is 17.5 Å². The molecule has 28 heavy (non-hydrogen) atoms. The van der Waals surface area contributed by atoms with Crippen molar-refractivity contribution in [3.63, 3.8) is 0 Å². The zero-order valence-corrected chi connectivity index (χ0v) is 17.1. The molecule has 146 valence electrons. The van der Waals surface area contributed by atoms with Gasteiger partial charge >= 0.3 is 0 Å². The van der Waals surface area contributed by atoms with Crippen LogP contribution in [-0.2, 0) is 24.1 Å². The Morgan fingerprint density at radius 2 is 2.04 bits per heavy atom. The van der Waals surface area contributed by atoms with E-state index in [0.717, 1.165) is 55.2 Å². The molecule has 0 bridgehead atoms. The van der Waals surface area contributed by atoms with Crippen LogP contribution in [0.5, 0.6) is 11.6 Å². The van der Waals surface area contributed by atoms with Crippen molar-refractivity contribution in [1.29, 1.82) is 0 Å².